The molecule has 0 radical (unpaired) electrons. The smallest absolute Gasteiger partial charge is 0.0954 e. The minimum absolute atomic E-state index is 0.113. The summed E-state index contributed by atoms with van der Waals surface area (Å²) in [5.41, 5.74) is 1.27. The van der Waals surface area contributed by atoms with E-state index in [0.717, 1.165) is 12.1 Å². The highest BCUT2D eigenvalue weighted by Gasteiger charge is 2.14. The molecular formula is C14H21N3. The Balaban J connectivity index is 2.07. The molecule has 0 amide bonds. The molecular weight excluding hydrogens is 210 g/mol. The summed E-state index contributed by atoms with van der Waals surface area (Å²) in [4.78, 5) is 4.48. The fourth-order valence-electron chi connectivity index (χ4n) is 1.89. The second-order valence-electron chi connectivity index (χ2n) is 5.63. The van der Waals surface area contributed by atoms with Crippen molar-refractivity contribution in [2.24, 2.45) is 0 Å². The normalized spacial score (nSPS) is 13.9. The monoisotopic (exact) mass is 231 g/mol. The van der Waals surface area contributed by atoms with E-state index in [0.29, 0.717) is 6.04 Å². The molecule has 0 aliphatic heterocycles. The largest absolute Gasteiger partial charge is 0.351 e. The molecule has 3 heteroatoms. The van der Waals surface area contributed by atoms with E-state index in [1.165, 1.54) is 0 Å². The maximum atomic E-state index is 4.48. The van der Waals surface area contributed by atoms with Crippen molar-refractivity contribution in [1.29, 1.82) is 0 Å². The van der Waals surface area contributed by atoms with Gasteiger partial charge in [-0.15, -0.1) is 0 Å². The van der Waals surface area contributed by atoms with Crippen molar-refractivity contribution in [2.45, 2.75) is 45.7 Å². The van der Waals surface area contributed by atoms with Crippen LogP contribution in [0.3, 0.4) is 0 Å². The predicted molar refractivity (Wildman–Crippen MR) is 70.1 cm³/mol. The van der Waals surface area contributed by atoms with Crippen LogP contribution < -0.4 is 0 Å². The molecule has 0 aliphatic rings. The topological polar surface area (TPSA) is 22.8 Å². The number of aromatic nitrogens is 3. The lowest BCUT2D eigenvalue weighted by Crippen LogP contribution is -2.19. The first-order valence-electron chi connectivity index (χ1n) is 6.12. The molecule has 2 aromatic heterocycles. The summed E-state index contributed by atoms with van der Waals surface area (Å²) in [6, 6.07) is 4.57. The number of imidazole rings is 1. The SMILES string of the molecule is CC(Cc1cn(C(C)(C)C)cn1)n1cccc1. The first kappa shape index (κ1) is 12.0. The summed E-state index contributed by atoms with van der Waals surface area (Å²) in [5.74, 6) is 0. The van der Waals surface area contributed by atoms with Crippen molar-refractivity contribution in [2.75, 3.05) is 0 Å². The van der Waals surface area contributed by atoms with Crippen LogP contribution in [0, 0.1) is 0 Å². The van der Waals surface area contributed by atoms with Gasteiger partial charge in [-0.1, -0.05) is 0 Å². The average molecular weight is 231 g/mol. The third kappa shape index (κ3) is 2.78. The summed E-state index contributed by atoms with van der Waals surface area (Å²) in [6.07, 6.45) is 9.26. The van der Waals surface area contributed by atoms with E-state index in [9.17, 15) is 0 Å². The van der Waals surface area contributed by atoms with Crippen molar-refractivity contribution in [3.05, 3.63) is 42.7 Å². The fraction of sp³-hybridized carbons (Fsp3) is 0.500. The zero-order valence-electron chi connectivity index (χ0n) is 11.1. The van der Waals surface area contributed by atoms with Crippen LogP contribution in [-0.2, 0) is 12.0 Å². The maximum Gasteiger partial charge on any atom is 0.0954 e. The summed E-state index contributed by atoms with van der Waals surface area (Å²) < 4.78 is 4.39. The van der Waals surface area contributed by atoms with E-state index in [4.69, 9.17) is 0 Å². The van der Waals surface area contributed by atoms with Crippen LogP contribution in [0.4, 0.5) is 0 Å². The van der Waals surface area contributed by atoms with Crippen LogP contribution in [0.15, 0.2) is 37.1 Å². The van der Waals surface area contributed by atoms with Gasteiger partial charge in [0.25, 0.3) is 0 Å². The number of hydrogen-bond donors (Lipinski definition) is 0. The van der Waals surface area contributed by atoms with E-state index in [1.807, 2.05) is 6.33 Å². The van der Waals surface area contributed by atoms with Crippen LogP contribution in [-0.4, -0.2) is 14.1 Å². The molecule has 3 nitrogen and oxygen atoms in total. The molecule has 0 spiro atoms. The minimum atomic E-state index is 0.113. The standard InChI is InChI=1S/C14H21N3/c1-12(16-7-5-6-8-16)9-13-10-17(11-15-13)14(2,3)4/h5-8,10-12H,9H2,1-4H3. The zero-order valence-corrected chi connectivity index (χ0v) is 11.1. The fourth-order valence-corrected chi connectivity index (χ4v) is 1.89. The van der Waals surface area contributed by atoms with Crippen molar-refractivity contribution in [3.8, 4) is 0 Å². The van der Waals surface area contributed by atoms with Crippen molar-refractivity contribution in [3.63, 3.8) is 0 Å². The van der Waals surface area contributed by atoms with Gasteiger partial charge in [0.15, 0.2) is 0 Å². The van der Waals surface area contributed by atoms with Gasteiger partial charge in [-0.05, 0) is 39.8 Å². The van der Waals surface area contributed by atoms with Gasteiger partial charge < -0.3 is 9.13 Å². The van der Waals surface area contributed by atoms with Gasteiger partial charge in [0.05, 0.1) is 12.0 Å². The second kappa shape index (κ2) is 4.40. The first-order valence-corrected chi connectivity index (χ1v) is 6.12. The third-order valence-corrected chi connectivity index (χ3v) is 3.05. The van der Waals surface area contributed by atoms with Gasteiger partial charge in [-0.3, -0.25) is 0 Å². The summed E-state index contributed by atoms with van der Waals surface area (Å²) >= 11 is 0. The Bertz CT molecular complexity index is 460. The number of hydrogen-bond acceptors (Lipinski definition) is 1. The Morgan fingerprint density at radius 1 is 1.24 bits per heavy atom. The van der Waals surface area contributed by atoms with Gasteiger partial charge in [0.1, 0.15) is 0 Å². The van der Waals surface area contributed by atoms with Gasteiger partial charge in [0.2, 0.25) is 0 Å². The van der Waals surface area contributed by atoms with Gasteiger partial charge in [-0.25, -0.2) is 4.98 Å². The van der Waals surface area contributed by atoms with Crippen molar-refractivity contribution in [1.82, 2.24) is 14.1 Å². The van der Waals surface area contributed by atoms with Gasteiger partial charge >= 0.3 is 0 Å². The van der Waals surface area contributed by atoms with Crippen molar-refractivity contribution < 1.29 is 0 Å². The van der Waals surface area contributed by atoms with E-state index in [1.54, 1.807) is 0 Å². The zero-order chi connectivity index (χ0) is 12.5. The van der Waals surface area contributed by atoms with Gasteiger partial charge in [0, 0.05) is 36.6 Å². The highest BCUT2D eigenvalue weighted by molar-refractivity contribution is 5.02. The molecule has 0 bridgehead atoms. The molecule has 0 saturated heterocycles. The Labute approximate surface area is 103 Å². The van der Waals surface area contributed by atoms with Crippen LogP contribution in [0.1, 0.15) is 39.4 Å². The second-order valence-corrected chi connectivity index (χ2v) is 5.63. The van der Waals surface area contributed by atoms with Crippen LogP contribution >= 0.6 is 0 Å². The highest BCUT2D eigenvalue weighted by Crippen LogP contribution is 2.17. The van der Waals surface area contributed by atoms with E-state index < -0.39 is 0 Å². The quantitative estimate of drug-likeness (QED) is 0.795. The molecule has 0 aromatic carbocycles. The van der Waals surface area contributed by atoms with E-state index >= 15 is 0 Å². The first-order chi connectivity index (χ1) is 7.97. The molecule has 0 N–H and O–H groups in total. The molecule has 0 aliphatic carbocycles. The van der Waals surface area contributed by atoms with E-state index in [2.05, 4.69) is 72.5 Å². The Kier molecular flexibility index (Phi) is 3.09. The van der Waals surface area contributed by atoms with Crippen LogP contribution in [0.5, 0.6) is 0 Å². The van der Waals surface area contributed by atoms with Crippen molar-refractivity contribution >= 4 is 0 Å². The molecule has 2 rings (SSSR count). The van der Waals surface area contributed by atoms with Crippen LogP contribution in [0.25, 0.3) is 0 Å². The molecule has 2 aromatic rings. The lowest BCUT2D eigenvalue weighted by Gasteiger charge is -2.20. The molecule has 2 heterocycles. The highest BCUT2D eigenvalue weighted by atomic mass is 15.1. The molecule has 0 saturated carbocycles. The Morgan fingerprint density at radius 3 is 2.41 bits per heavy atom. The Hall–Kier alpha value is -1.51. The predicted octanol–water partition coefficient (Wildman–Crippen LogP) is 3.24. The molecule has 1 unspecified atom stereocenters. The van der Waals surface area contributed by atoms with Gasteiger partial charge in [-0.2, -0.15) is 0 Å². The summed E-state index contributed by atoms with van der Waals surface area (Å²) in [6.45, 7) is 8.78. The molecule has 92 valence electrons. The Morgan fingerprint density at radius 2 is 1.88 bits per heavy atom. The molecule has 1 atom stereocenters. The summed E-state index contributed by atoms with van der Waals surface area (Å²) in [5, 5.41) is 0. The number of rotatable bonds is 3. The molecule has 17 heavy (non-hydrogen) atoms. The lowest BCUT2D eigenvalue weighted by molar-refractivity contribution is 0.396. The number of nitrogens with zero attached hydrogens (tertiary/aromatic N) is 3. The van der Waals surface area contributed by atoms with E-state index in [-0.39, 0.29) is 5.54 Å². The lowest BCUT2D eigenvalue weighted by atomic mass is 10.1. The summed E-state index contributed by atoms with van der Waals surface area (Å²) in [7, 11) is 0. The van der Waals surface area contributed by atoms with Crippen LogP contribution in [0.2, 0.25) is 0 Å². The average Bonchev–Trinajstić information content (AvgIpc) is 2.85. The third-order valence-electron chi connectivity index (χ3n) is 3.05. The minimum Gasteiger partial charge on any atom is -0.351 e. The maximum absolute atomic E-state index is 4.48. The molecule has 0 fully saturated rings.